The van der Waals surface area contributed by atoms with Gasteiger partial charge in [-0.25, -0.2) is 0 Å². The van der Waals surface area contributed by atoms with Gasteiger partial charge in [0.25, 0.3) is 0 Å². The SMILES string of the molecule is Cc1nnc(SCCC(C)(N)C#N)n1C. The minimum Gasteiger partial charge on any atom is -0.314 e. The van der Waals surface area contributed by atoms with E-state index in [9.17, 15) is 0 Å². The highest BCUT2D eigenvalue weighted by atomic mass is 32.2. The van der Waals surface area contributed by atoms with Crippen LogP contribution in [0.4, 0.5) is 0 Å². The molecule has 0 aliphatic carbocycles. The van der Waals surface area contributed by atoms with Crippen molar-refractivity contribution in [3.05, 3.63) is 5.82 Å². The Hall–Kier alpha value is -1.06. The molecule has 0 radical (unpaired) electrons. The number of rotatable bonds is 4. The van der Waals surface area contributed by atoms with Gasteiger partial charge >= 0.3 is 0 Å². The van der Waals surface area contributed by atoms with Crippen LogP contribution in [-0.4, -0.2) is 26.1 Å². The predicted molar refractivity (Wildman–Crippen MR) is 59.3 cm³/mol. The van der Waals surface area contributed by atoms with E-state index < -0.39 is 5.54 Å². The summed E-state index contributed by atoms with van der Waals surface area (Å²) in [5.41, 5.74) is 4.96. The number of thioether (sulfide) groups is 1. The first-order valence-corrected chi connectivity index (χ1v) is 5.64. The number of nitrogens with zero attached hydrogens (tertiary/aromatic N) is 4. The number of nitrogens with two attached hydrogens (primary N) is 1. The summed E-state index contributed by atoms with van der Waals surface area (Å²) in [5.74, 6) is 1.65. The smallest absolute Gasteiger partial charge is 0.190 e. The van der Waals surface area contributed by atoms with Gasteiger partial charge in [-0.15, -0.1) is 10.2 Å². The first kappa shape index (κ1) is 12.0. The second-order valence-corrected chi connectivity index (χ2v) is 4.78. The summed E-state index contributed by atoms with van der Waals surface area (Å²) < 4.78 is 1.92. The molecular formula is C9H15N5S. The van der Waals surface area contributed by atoms with Crippen molar-refractivity contribution in [2.75, 3.05) is 5.75 Å². The summed E-state index contributed by atoms with van der Waals surface area (Å²) in [5, 5.41) is 17.6. The van der Waals surface area contributed by atoms with Crippen molar-refractivity contribution in [1.29, 1.82) is 5.26 Å². The molecule has 1 aromatic heterocycles. The summed E-state index contributed by atoms with van der Waals surface area (Å²) in [4.78, 5) is 0. The zero-order chi connectivity index (χ0) is 11.5. The van der Waals surface area contributed by atoms with Crippen molar-refractivity contribution < 1.29 is 0 Å². The lowest BCUT2D eigenvalue weighted by Crippen LogP contribution is -2.34. The van der Waals surface area contributed by atoms with Crippen molar-refractivity contribution >= 4 is 11.8 Å². The largest absolute Gasteiger partial charge is 0.314 e. The Labute approximate surface area is 93.7 Å². The standard InChI is InChI=1S/C9H15N5S/c1-7-12-13-8(14(7)3)15-5-4-9(2,11)6-10/h4-5,11H2,1-3H3. The van der Waals surface area contributed by atoms with E-state index in [4.69, 9.17) is 11.0 Å². The third-order valence-corrected chi connectivity index (χ3v) is 3.18. The normalized spacial score (nSPS) is 14.6. The molecule has 0 spiro atoms. The molecule has 2 N–H and O–H groups in total. The molecule has 0 aliphatic heterocycles. The Morgan fingerprint density at radius 1 is 1.60 bits per heavy atom. The third kappa shape index (κ3) is 3.22. The van der Waals surface area contributed by atoms with Gasteiger partial charge in [0.2, 0.25) is 0 Å². The van der Waals surface area contributed by atoms with E-state index in [0.29, 0.717) is 6.42 Å². The van der Waals surface area contributed by atoms with Gasteiger partial charge in [0.15, 0.2) is 5.16 Å². The van der Waals surface area contributed by atoms with Crippen molar-refractivity contribution in [3.8, 4) is 6.07 Å². The third-order valence-electron chi connectivity index (χ3n) is 2.16. The minimum atomic E-state index is -0.749. The zero-order valence-electron chi connectivity index (χ0n) is 9.19. The van der Waals surface area contributed by atoms with E-state index >= 15 is 0 Å². The maximum atomic E-state index is 8.73. The van der Waals surface area contributed by atoms with Gasteiger partial charge in [0.05, 0.1) is 6.07 Å². The van der Waals surface area contributed by atoms with Gasteiger partial charge in [0.1, 0.15) is 11.4 Å². The van der Waals surface area contributed by atoms with Crippen LogP contribution in [0, 0.1) is 18.3 Å². The Bertz CT molecular complexity index is 376. The van der Waals surface area contributed by atoms with Crippen molar-refractivity contribution in [1.82, 2.24) is 14.8 Å². The first-order valence-electron chi connectivity index (χ1n) is 4.65. The van der Waals surface area contributed by atoms with Gasteiger partial charge in [-0.2, -0.15) is 5.26 Å². The molecule has 0 fully saturated rings. The van der Waals surface area contributed by atoms with Gasteiger partial charge in [0, 0.05) is 12.8 Å². The molecule has 1 unspecified atom stereocenters. The zero-order valence-corrected chi connectivity index (χ0v) is 10.0. The number of hydrogen-bond donors (Lipinski definition) is 1. The highest BCUT2D eigenvalue weighted by molar-refractivity contribution is 7.99. The fourth-order valence-electron chi connectivity index (χ4n) is 0.924. The number of hydrogen-bond acceptors (Lipinski definition) is 5. The van der Waals surface area contributed by atoms with E-state index in [1.165, 1.54) is 0 Å². The van der Waals surface area contributed by atoms with Crippen LogP contribution in [0.5, 0.6) is 0 Å². The van der Waals surface area contributed by atoms with Gasteiger partial charge in [-0.1, -0.05) is 11.8 Å². The van der Waals surface area contributed by atoms with Crippen LogP contribution in [0.1, 0.15) is 19.2 Å². The highest BCUT2D eigenvalue weighted by Gasteiger charge is 2.17. The number of nitriles is 1. The Morgan fingerprint density at radius 3 is 2.73 bits per heavy atom. The summed E-state index contributed by atoms with van der Waals surface area (Å²) in [6.07, 6.45) is 0.639. The van der Waals surface area contributed by atoms with Crippen LogP contribution in [0.2, 0.25) is 0 Å². The Morgan fingerprint density at radius 2 is 2.27 bits per heavy atom. The van der Waals surface area contributed by atoms with Gasteiger partial charge in [-0.3, -0.25) is 0 Å². The lowest BCUT2D eigenvalue weighted by atomic mass is 10.0. The Balaban J connectivity index is 2.46. The number of aromatic nitrogens is 3. The van der Waals surface area contributed by atoms with Gasteiger partial charge < -0.3 is 10.3 Å². The molecule has 0 bridgehead atoms. The van der Waals surface area contributed by atoms with Crippen LogP contribution < -0.4 is 5.73 Å². The van der Waals surface area contributed by atoms with Crippen LogP contribution in [-0.2, 0) is 7.05 Å². The summed E-state index contributed by atoms with van der Waals surface area (Å²) in [7, 11) is 1.92. The van der Waals surface area contributed by atoms with Crippen molar-refractivity contribution in [2.45, 2.75) is 31.0 Å². The summed E-state index contributed by atoms with van der Waals surface area (Å²) in [6.45, 7) is 3.63. The van der Waals surface area contributed by atoms with Crippen molar-refractivity contribution in [2.24, 2.45) is 12.8 Å². The summed E-state index contributed by atoms with van der Waals surface area (Å²) >= 11 is 1.57. The lowest BCUT2D eigenvalue weighted by molar-refractivity contribution is 0.582. The molecule has 1 atom stereocenters. The van der Waals surface area contributed by atoms with E-state index in [-0.39, 0.29) is 0 Å². The Kier molecular flexibility index (Phi) is 3.72. The fraction of sp³-hybridized carbons (Fsp3) is 0.667. The number of aryl methyl sites for hydroxylation is 1. The first-order chi connectivity index (χ1) is 6.96. The molecule has 0 aromatic carbocycles. The van der Waals surface area contributed by atoms with Gasteiger partial charge in [-0.05, 0) is 20.3 Å². The quantitative estimate of drug-likeness (QED) is 0.768. The van der Waals surface area contributed by atoms with Crippen LogP contribution >= 0.6 is 11.8 Å². The van der Waals surface area contributed by atoms with Crippen molar-refractivity contribution in [3.63, 3.8) is 0 Å². The molecule has 5 nitrogen and oxygen atoms in total. The van der Waals surface area contributed by atoms with E-state index in [2.05, 4.69) is 16.3 Å². The van der Waals surface area contributed by atoms with E-state index in [0.717, 1.165) is 16.7 Å². The molecule has 15 heavy (non-hydrogen) atoms. The van der Waals surface area contributed by atoms with E-state index in [1.54, 1.807) is 18.7 Å². The molecule has 82 valence electrons. The lowest BCUT2D eigenvalue weighted by Gasteiger charge is -2.13. The molecular weight excluding hydrogens is 210 g/mol. The molecule has 0 saturated carbocycles. The predicted octanol–water partition coefficient (Wildman–Crippen LogP) is 0.847. The maximum absolute atomic E-state index is 8.73. The average molecular weight is 225 g/mol. The highest BCUT2D eigenvalue weighted by Crippen LogP contribution is 2.18. The van der Waals surface area contributed by atoms with Crippen LogP contribution in [0.25, 0.3) is 0 Å². The molecule has 1 rings (SSSR count). The van der Waals surface area contributed by atoms with E-state index in [1.807, 2.05) is 18.5 Å². The maximum Gasteiger partial charge on any atom is 0.190 e. The van der Waals surface area contributed by atoms with Crippen LogP contribution in [0.3, 0.4) is 0 Å². The molecule has 1 aromatic rings. The molecule has 0 amide bonds. The molecule has 0 aliphatic rings. The minimum absolute atomic E-state index is 0.639. The molecule has 0 saturated heterocycles. The van der Waals surface area contributed by atoms with Crippen LogP contribution in [0.15, 0.2) is 5.16 Å². The molecule has 6 heteroatoms. The topological polar surface area (TPSA) is 80.5 Å². The second kappa shape index (κ2) is 4.64. The fourth-order valence-corrected chi connectivity index (χ4v) is 2.06. The monoisotopic (exact) mass is 225 g/mol. The summed E-state index contributed by atoms with van der Waals surface area (Å²) in [6, 6.07) is 2.07. The molecule has 1 heterocycles. The second-order valence-electron chi connectivity index (χ2n) is 3.72. The average Bonchev–Trinajstić information content (AvgIpc) is 2.49.